The highest BCUT2D eigenvalue weighted by Crippen LogP contribution is 2.15. The molecular weight excluding hydrogens is 208 g/mol. The number of amides is 1. The van der Waals surface area contributed by atoms with Gasteiger partial charge in [-0.1, -0.05) is 0 Å². The van der Waals surface area contributed by atoms with Gasteiger partial charge in [0.25, 0.3) is 0 Å². The van der Waals surface area contributed by atoms with Gasteiger partial charge < -0.3 is 10.4 Å². The molecule has 1 fully saturated rings. The maximum atomic E-state index is 11.5. The molecule has 92 valence electrons. The SMILES string of the molecule is CC(C)NC(=O)CN1CCC[C@@H](C(=O)O)C1. The summed E-state index contributed by atoms with van der Waals surface area (Å²) in [5, 5.41) is 11.7. The van der Waals surface area contributed by atoms with Crippen LogP contribution in [0.4, 0.5) is 0 Å². The Morgan fingerprint density at radius 3 is 2.75 bits per heavy atom. The average Bonchev–Trinajstić information content (AvgIpc) is 2.16. The second kappa shape index (κ2) is 5.84. The Bertz CT molecular complexity index is 266. The molecule has 1 aliphatic rings. The van der Waals surface area contributed by atoms with E-state index in [1.54, 1.807) is 0 Å². The van der Waals surface area contributed by atoms with Crippen molar-refractivity contribution < 1.29 is 14.7 Å². The first-order valence-electron chi connectivity index (χ1n) is 5.73. The van der Waals surface area contributed by atoms with Crippen LogP contribution >= 0.6 is 0 Å². The van der Waals surface area contributed by atoms with Gasteiger partial charge >= 0.3 is 5.97 Å². The molecule has 1 atom stereocenters. The van der Waals surface area contributed by atoms with Crippen molar-refractivity contribution in [3.8, 4) is 0 Å². The Hall–Kier alpha value is -1.10. The molecular formula is C11H20N2O3. The molecule has 0 aromatic carbocycles. The van der Waals surface area contributed by atoms with Crippen molar-refractivity contribution in [2.75, 3.05) is 19.6 Å². The number of carboxylic acids is 1. The van der Waals surface area contributed by atoms with Gasteiger partial charge in [-0.25, -0.2) is 0 Å². The molecule has 5 heteroatoms. The first-order valence-corrected chi connectivity index (χ1v) is 5.73. The highest BCUT2D eigenvalue weighted by Gasteiger charge is 2.26. The zero-order chi connectivity index (χ0) is 12.1. The van der Waals surface area contributed by atoms with Crippen LogP contribution in [0.2, 0.25) is 0 Å². The van der Waals surface area contributed by atoms with Crippen LogP contribution in [0.25, 0.3) is 0 Å². The van der Waals surface area contributed by atoms with Gasteiger partial charge in [0.2, 0.25) is 5.91 Å². The maximum Gasteiger partial charge on any atom is 0.307 e. The van der Waals surface area contributed by atoms with E-state index in [0.29, 0.717) is 13.1 Å². The van der Waals surface area contributed by atoms with E-state index < -0.39 is 5.97 Å². The van der Waals surface area contributed by atoms with Crippen molar-refractivity contribution >= 4 is 11.9 Å². The first-order chi connectivity index (χ1) is 7.49. The summed E-state index contributed by atoms with van der Waals surface area (Å²) in [6.45, 7) is 5.43. The summed E-state index contributed by atoms with van der Waals surface area (Å²) in [6.07, 6.45) is 1.57. The Labute approximate surface area is 95.8 Å². The van der Waals surface area contributed by atoms with E-state index in [2.05, 4.69) is 5.32 Å². The van der Waals surface area contributed by atoms with Crippen LogP contribution < -0.4 is 5.32 Å². The highest BCUT2D eigenvalue weighted by atomic mass is 16.4. The molecule has 0 unspecified atom stereocenters. The Morgan fingerprint density at radius 1 is 1.50 bits per heavy atom. The largest absolute Gasteiger partial charge is 0.481 e. The lowest BCUT2D eigenvalue weighted by Crippen LogP contribution is -2.45. The summed E-state index contributed by atoms with van der Waals surface area (Å²) in [5.74, 6) is -1.10. The van der Waals surface area contributed by atoms with Crippen LogP contribution in [0.3, 0.4) is 0 Å². The molecule has 0 spiro atoms. The van der Waals surface area contributed by atoms with Crippen LogP contribution in [-0.2, 0) is 9.59 Å². The maximum absolute atomic E-state index is 11.5. The van der Waals surface area contributed by atoms with Crippen molar-refractivity contribution in [1.29, 1.82) is 0 Å². The van der Waals surface area contributed by atoms with E-state index in [9.17, 15) is 9.59 Å². The number of carbonyl (C=O) groups excluding carboxylic acids is 1. The normalized spacial score (nSPS) is 22.1. The smallest absolute Gasteiger partial charge is 0.307 e. The van der Waals surface area contributed by atoms with E-state index in [1.165, 1.54) is 0 Å². The number of nitrogens with one attached hydrogen (secondary N) is 1. The summed E-state index contributed by atoms with van der Waals surface area (Å²) in [7, 11) is 0. The Balaban J connectivity index is 2.37. The van der Waals surface area contributed by atoms with Crippen LogP contribution in [0, 0.1) is 5.92 Å². The minimum Gasteiger partial charge on any atom is -0.481 e. The molecule has 0 aromatic rings. The van der Waals surface area contributed by atoms with E-state index in [-0.39, 0.29) is 17.9 Å². The molecule has 0 radical (unpaired) electrons. The van der Waals surface area contributed by atoms with Crippen LogP contribution in [0.15, 0.2) is 0 Å². The van der Waals surface area contributed by atoms with Crippen molar-refractivity contribution in [2.24, 2.45) is 5.92 Å². The van der Waals surface area contributed by atoms with Gasteiger partial charge in [0.05, 0.1) is 12.5 Å². The number of carboxylic acid groups (broad SMARTS) is 1. The van der Waals surface area contributed by atoms with E-state index in [0.717, 1.165) is 19.4 Å². The number of rotatable bonds is 4. The number of carbonyl (C=O) groups is 2. The quantitative estimate of drug-likeness (QED) is 0.726. The minimum atomic E-state index is -0.756. The van der Waals surface area contributed by atoms with Crippen molar-refractivity contribution in [1.82, 2.24) is 10.2 Å². The number of likely N-dealkylation sites (tertiary alicyclic amines) is 1. The third kappa shape index (κ3) is 4.18. The molecule has 0 aliphatic carbocycles. The van der Waals surface area contributed by atoms with Crippen LogP contribution in [0.5, 0.6) is 0 Å². The lowest BCUT2D eigenvalue weighted by molar-refractivity contribution is -0.144. The predicted octanol–water partition coefficient (Wildman–Crippen LogP) is 0.308. The topological polar surface area (TPSA) is 69.6 Å². The molecule has 5 nitrogen and oxygen atoms in total. The summed E-state index contributed by atoms with van der Waals surface area (Å²) < 4.78 is 0. The Kier molecular flexibility index (Phi) is 4.73. The fourth-order valence-electron chi connectivity index (χ4n) is 1.97. The van der Waals surface area contributed by atoms with Gasteiger partial charge in [-0.2, -0.15) is 0 Å². The molecule has 0 bridgehead atoms. The second-order valence-electron chi connectivity index (χ2n) is 4.63. The van der Waals surface area contributed by atoms with Gasteiger partial charge in [0, 0.05) is 12.6 Å². The second-order valence-corrected chi connectivity index (χ2v) is 4.63. The van der Waals surface area contributed by atoms with E-state index in [1.807, 2.05) is 18.7 Å². The highest BCUT2D eigenvalue weighted by molar-refractivity contribution is 5.78. The van der Waals surface area contributed by atoms with Gasteiger partial charge in [-0.15, -0.1) is 0 Å². The van der Waals surface area contributed by atoms with Crippen molar-refractivity contribution in [3.63, 3.8) is 0 Å². The fourth-order valence-corrected chi connectivity index (χ4v) is 1.97. The molecule has 0 saturated carbocycles. The lowest BCUT2D eigenvalue weighted by Gasteiger charge is -2.30. The summed E-state index contributed by atoms with van der Waals surface area (Å²) >= 11 is 0. The number of piperidine rings is 1. The average molecular weight is 228 g/mol. The number of hydrogen-bond acceptors (Lipinski definition) is 3. The molecule has 1 aliphatic heterocycles. The number of aliphatic carboxylic acids is 1. The summed E-state index contributed by atoms with van der Waals surface area (Å²) in [6, 6.07) is 0.132. The van der Waals surface area contributed by atoms with Crippen LogP contribution in [-0.4, -0.2) is 47.6 Å². The minimum absolute atomic E-state index is 0.0268. The molecule has 1 heterocycles. The van der Waals surface area contributed by atoms with E-state index in [4.69, 9.17) is 5.11 Å². The van der Waals surface area contributed by atoms with E-state index >= 15 is 0 Å². The standard InChI is InChI=1S/C11H20N2O3/c1-8(2)12-10(14)7-13-5-3-4-9(6-13)11(15)16/h8-9H,3-7H2,1-2H3,(H,12,14)(H,15,16)/t9-/m1/s1. The Morgan fingerprint density at radius 2 is 2.19 bits per heavy atom. The van der Waals surface area contributed by atoms with Crippen molar-refractivity contribution in [3.05, 3.63) is 0 Å². The molecule has 2 N–H and O–H groups in total. The lowest BCUT2D eigenvalue weighted by atomic mass is 9.98. The summed E-state index contributed by atoms with van der Waals surface area (Å²) in [4.78, 5) is 24.3. The first kappa shape index (κ1) is 13.0. The zero-order valence-corrected chi connectivity index (χ0v) is 9.90. The molecule has 16 heavy (non-hydrogen) atoms. The number of nitrogens with zero attached hydrogens (tertiary/aromatic N) is 1. The predicted molar refractivity (Wildman–Crippen MR) is 60.1 cm³/mol. The third-order valence-corrected chi connectivity index (χ3v) is 2.67. The summed E-state index contributed by atoms with van der Waals surface area (Å²) in [5.41, 5.74) is 0. The van der Waals surface area contributed by atoms with Gasteiger partial charge in [-0.3, -0.25) is 14.5 Å². The van der Waals surface area contributed by atoms with Crippen molar-refractivity contribution in [2.45, 2.75) is 32.7 Å². The zero-order valence-electron chi connectivity index (χ0n) is 9.90. The van der Waals surface area contributed by atoms with Gasteiger partial charge in [-0.05, 0) is 33.2 Å². The number of hydrogen-bond donors (Lipinski definition) is 2. The van der Waals surface area contributed by atoms with Gasteiger partial charge in [0.15, 0.2) is 0 Å². The fraction of sp³-hybridized carbons (Fsp3) is 0.818. The van der Waals surface area contributed by atoms with Gasteiger partial charge in [0.1, 0.15) is 0 Å². The monoisotopic (exact) mass is 228 g/mol. The molecule has 1 amide bonds. The molecule has 1 rings (SSSR count). The molecule has 0 aromatic heterocycles. The molecule has 1 saturated heterocycles. The van der Waals surface area contributed by atoms with Crippen LogP contribution in [0.1, 0.15) is 26.7 Å². The third-order valence-electron chi connectivity index (χ3n) is 2.67.